The Labute approximate surface area is 161 Å². The fourth-order valence-corrected chi connectivity index (χ4v) is 3.20. The Kier molecular flexibility index (Phi) is 4.60. The van der Waals surface area contributed by atoms with Crippen molar-refractivity contribution in [3.8, 4) is 11.3 Å². The first-order valence-electron chi connectivity index (χ1n) is 8.57. The van der Waals surface area contributed by atoms with Crippen LogP contribution in [-0.4, -0.2) is 21.1 Å². The lowest BCUT2D eigenvalue weighted by Gasteiger charge is -2.15. The summed E-state index contributed by atoms with van der Waals surface area (Å²) in [5, 5.41) is 12.0. The summed E-state index contributed by atoms with van der Waals surface area (Å²) in [5.74, 6) is -0.159. The number of carbonyl (C=O) groups is 1. The van der Waals surface area contributed by atoms with E-state index in [1.807, 2.05) is 55.5 Å². The molecule has 1 amide bonds. The van der Waals surface area contributed by atoms with Gasteiger partial charge in [-0.25, -0.2) is 0 Å². The molecule has 0 unspecified atom stereocenters. The Hall–Kier alpha value is -3.18. The number of carbonyl (C=O) groups excluding carboxylic acids is 1. The van der Waals surface area contributed by atoms with E-state index in [4.69, 9.17) is 11.6 Å². The second-order valence-electron chi connectivity index (χ2n) is 6.28. The lowest BCUT2D eigenvalue weighted by molar-refractivity contribution is 0.0941. The minimum absolute atomic E-state index is 0.146. The summed E-state index contributed by atoms with van der Waals surface area (Å²) in [7, 11) is 0. The molecule has 4 aromatic rings. The van der Waals surface area contributed by atoms with Crippen LogP contribution in [0.25, 0.3) is 22.2 Å². The van der Waals surface area contributed by atoms with E-state index < -0.39 is 0 Å². The maximum atomic E-state index is 12.9. The highest BCUT2D eigenvalue weighted by Gasteiger charge is 2.17. The van der Waals surface area contributed by atoms with Gasteiger partial charge in [-0.05, 0) is 42.8 Å². The average molecular weight is 377 g/mol. The smallest absolute Gasteiger partial charge is 0.253 e. The molecule has 0 radical (unpaired) electrons. The monoisotopic (exact) mass is 376 g/mol. The van der Waals surface area contributed by atoms with Crippen LogP contribution in [0.5, 0.6) is 0 Å². The summed E-state index contributed by atoms with van der Waals surface area (Å²) < 4.78 is 0. The normalized spacial score (nSPS) is 12.1. The number of pyridine rings is 1. The molecule has 5 nitrogen and oxygen atoms in total. The number of hydrogen-bond acceptors (Lipinski definition) is 3. The number of benzene rings is 2. The van der Waals surface area contributed by atoms with Gasteiger partial charge in [0.2, 0.25) is 0 Å². The molecule has 0 fully saturated rings. The van der Waals surface area contributed by atoms with Gasteiger partial charge in [0.1, 0.15) is 5.69 Å². The topological polar surface area (TPSA) is 70.7 Å². The third kappa shape index (κ3) is 3.41. The molecule has 0 saturated heterocycles. The molecule has 2 aromatic carbocycles. The van der Waals surface area contributed by atoms with Crippen LogP contribution in [0.1, 0.15) is 28.9 Å². The molecule has 0 aliphatic carbocycles. The molecule has 1 atom stereocenters. The van der Waals surface area contributed by atoms with Crippen LogP contribution in [0.2, 0.25) is 5.02 Å². The van der Waals surface area contributed by atoms with Crippen LogP contribution in [0.15, 0.2) is 67.0 Å². The Bertz CT molecular complexity index is 1090. The summed E-state index contributed by atoms with van der Waals surface area (Å²) in [5.41, 5.74) is 4.00. The molecule has 0 saturated carbocycles. The Morgan fingerprint density at radius 3 is 2.56 bits per heavy atom. The van der Waals surface area contributed by atoms with Gasteiger partial charge in [0.25, 0.3) is 5.91 Å². The van der Waals surface area contributed by atoms with Gasteiger partial charge in [0, 0.05) is 28.4 Å². The number of hydrogen-bond donors (Lipinski definition) is 2. The molecule has 0 bridgehead atoms. The summed E-state index contributed by atoms with van der Waals surface area (Å²) in [6.45, 7) is 1.94. The standard InChI is InChI=1S/C21H17ClN4O/c1-13(14-5-7-16(22)8-6-14)24-21(27)18-4-2-3-17-19(25-26-20(17)18)15-9-11-23-12-10-15/h2-13H,1H3,(H,24,27)(H,25,26)/t13-/m0/s1. The van der Waals surface area contributed by atoms with E-state index in [9.17, 15) is 4.79 Å². The number of para-hydroxylation sites is 1. The summed E-state index contributed by atoms with van der Waals surface area (Å²) in [6.07, 6.45) is 3.44. The van der Waals surface area contributed by atoms with E-state index in [2.05, 4.69) is 20.5 Å². The van der Waals surface area contributed by atoms with Crippen molar-refractivity contribution in [3.05, 3.63) is 83.1 Å². The Morgan fingerprint density at radius 2 is 1.81 bits per heavy atom. The van der Waals surface area contributed by atoms with Gasteiger partial charge in [0.15, 0.2) is 0 Å². The number of aromatic amines is 1. The highest BCUT2D eigenvalue weighted by Crippen LogP contribution is 2.28. The van der Waals surface area contributed by atoms with Crippen molar-refractivity contribution in [3.63, 3.8) is 0 Å². The van der Waals surface area contributed by atoms with E-state index in [1.165, 1.54) is 0 Å². The van der Waals surface area contributed by atoms with Crippen LogP contribution in [-0.2, 0) is 0 Å². The first-order valence-corrected chi connectivity index (χ1v) is 8.95. The third-order valence-corrected chi connectivity index (χ3v) is 4.77. The molecule has 6 heteroatoms. The molecule has 27 heavy (non-hydrogen) atoms. The van der Waals surface area contributed by atoms with Crippen LogP contribution in [0, 0.1) is 0 Å². The molecular weight excluding hydrogens is 360 g/mol. The SMILES string of the molecule is C[C@H](NC(=O)c1cccc2c(-c3ccncc3)n[nH]c12)c1ccc(Cl)cc1. The van der Waals surface area contributed by atoms with E-state index >= 15 is 0 Å². The second-order valence-corrected chi connectivity index (χ2v) is 6.72. The van der Waals surface area contributed by atoms with Crippen LogP contribution in [0.4, 0.5) is 0 Å². The summed E-state index contributed by atoms with van der Waals surface area (Å²) in [6, 6.07) is 16.7. The number of nitrogens with zero attached hydrogens (tertiary/aromatic N) is 2. The molecule has 134 valence electrons. The second kappa shape index (κ2) is 7.21. The van der Waals surface area contributed by atoms with Gasteiger partial charge in [-0.1, -0.05) is 35.9 Å². The Balaban J connectivity index is 1.64. The lowest BCUT2D eigenvalue weighted by Crippen LogP contribution is -2.26. The van der Waals surface area contributed by atoms with Crippen LogP contribution >= 0.6 is 11.6 Å². The number of amides is 1. The highest BCUT2D eigenvalue weighted by molar-refractivity contribution is 6.30. The van der Waals surface area contributed by atoms with Crippen molar-refractivity contribution < 1.29 is 4.79 Å². The molecular formula is C21H17ClN4O. The molecule has 2 N–H and O–H groups in total. The van der Waals surface area contributed by atoms with Crippen LogP contribution in [0.3, 0.4) is 0 Å². The predicted octanol–water partition coefficient (Wildman–Crippen LogP) is 4.77. The third-order valence-electron chi connectivity index (χ3n) is 4.52. The summed E-state index contributed by atoms with van der Waals surface area (Å²) >= 11 is 5.93. The molecule has 2 heterocycles. The van der Waals surface area contributed by atoms with Gasteiger partial charge in [-0.15, -0.1) is 0 Å². The fourth-order valence-electron chi connectivity index (χ4n) is 3.07. The zero-order chi connectivity index (χ0) is 18.8. The van der Waals surface area contributed by atoms with E-state index in [-0.39, 0.29) is 11.9 Å². The highest BCUT2D eigenvalue weighted by atomic mass is 35.5. The minimum atomic E-state index is -0.159. The van der Waals surface area contributed by atoms with Gasteiger partial charge < -0.3 is 5.32 Å². The van der Waals surface area contributed by atoms with Crippen molar-refractivity contribution in [1.29, 1.82) is 0 Å². The predicted molar refractivity (Wildman–Crippen MR) is 107 cm³/mol. The number of halogens is 1. The first kappa shape index (κ1) is 17.2. The first-order chi connectivity index (χ1) is 13.1. The van der Waals surface area contributed by atoms with Crippen molar-refractivity contribution >= 4 is 28.4 Å². The van der Waals surface area contributed by atoms with E-state index in [0.29, 0.717) is 16.1 Å². The number of H-pyrrole nitrogens is 1. The zero-order valence-electron chi connectivity index (χ0n) is 14.6. The lowest BCUT2D eigenvalue weighted by atomic mass is 10.0. The van der Waals surface area contributed by atoms with Gasteiger partial charge in [-0.2, -0.15) is 5.10 Å². The van der Waals surface area contributed by atoms with Gasteiger partial charge >= 0.3 is 0 Å². The van der Waals surface area contributed by atoms with Gasteiger partial charge in [-0.3, -0.25) is 14.9 Å². The van der Waals surface area contributed by atoms with Crippen molar-refractivity contribution in [2.24, 2.45) is 0 Å². The zero-order valence-corrected chi connectivity index (χ0v) is 15.4. The number of fused-ring (bicyclic) bond motifs is 1. The van der Waals surface area contributed by atoms with E-state index in [0.717, 1.165) is 22.2 Å². The fraction of sp³-hybridized carbons (Fsp3) is 0.0952. The largest absolute Gasteiger partial charge is 0.345 e. The van der Waals surface area contributed by atoms with Crippen molar-refractivity contribution in [2.75, 3.05) is 0 Å². The quantitative estimate of drug-likeness (QED) is 0.539. The average Bonchev–Trinajstić information content (AvgIpc) is 3.13. The van der Waals surface area contributed by atoms with Crippen molar-refractivity contribution in [1.82, 2.24) is 20.5 Å². The minimum Gasteiger partial charge on any atom is -0.345 e. The van der Waals surface area contributed by atoms with Crippen molar-refractivity contribution in [2.45, 2.75) is 13.0 Å². The molecule has 2 aromatic heterocycles. The van der Waals surface area contributed by atoms with E-state index in [1.54, 1.807) is 18.5 Å². The molecule has 0 aliphatic heterocycles. The van der Waals surface area contributed by atoms with Crippen LogP contribution < -0.4 is 5.32 Å². The molecule has 4 rings (SSSR count). The maximum Gasteiger partial charge on any atom is 0.253 e. The summed E-state index contributed by atoms with van der Waals surface area (Å²) in [4.78, 5) is 16.9. The number of rotatable bonds is 4. The maximum absolute atomic E-state index is 12.9. The van der Waals surface area contributed by atoms with Gasteiger partial charge in [0.05, 0.1) is 17.1 Å². The number of nitrogens with one attached hydrogen (secondary N) is 2. The molecule has 0 aliphatic rings. The Morgan fingerprint density at radius 1 is 1.07 bits per heavy atom. The molecule has 0 spiro atoms. The number of aromatic nitrogens is 3.